The number of terminal acetylenes is 1. The van der Waals surface area contributed by atoms with Gasteiger partial charge in [0.2, 0.25) is 5.95 Å². The molecule has 1 aliphatic heterocycles. The van der Waals surface area contributed by atoms with Crippen LogP contribution in [0.2, 0.25) is 0 Å². The Morgan fingerprint density at radius 2 is 2.15 bits per heavy atom. The normalized spacial score (nSPS) is 13.1. The van der Waals surface area contributed by atoms with Crippen molar-refractivity contribution in [3.63, 3.8) is 0 Å². The van der Waals surface area contributed by atoms with Crippen molar-refractivity contribution in [1.29, 1.82) is 0 Å². The van der Waals surface area contributed by atoms with E-state index in [-0.39, 0.29) is 2.85 Å². The fraction of sp³-hybridized carbons (Fsp3) is 0.100. The Morgan fingerprint density at radius 1 is 1.30 bits per heavy atom. The summed E-state index contributed by atoms with van der Waals surface area (Å²) in [5, 5.41) is 7.52. The quantitative estimate of drug-likeness (QED) is 0.718. The molecule has 1 N–H and O–H groups in total. The monoisotopic (exact) mass is 359 g/mol. The zero-order valence-corrected chi connectivity index (χ0v) is 14.6. The van der Waals surface area contributed by atoms with Crippen LogP contribution in [0.5, 0.6) is 5.75 Å². The van der Waals surface area contributed by atoms with Gasteiger partial charge in [-0.05, 0) is 49.3 Å². The highest BCUT2D eigenvalue weighted by atomic mass is 16.5. The van der Waals surface area contributed by atoms with Crippen LogP contribution in [-0.4, -0.2) is 25.8 Å². The molecule has 3 heterocycles. The van der Waals surface area contributed by atoms with Crippen LogP contribution in [-0.2, 0) is 0 Å². The number of aromatic nitrogens is 4. The molecule has 1 aromatic carbocycles. The Bertz CT molecular complexity index is 1130. The van der Waals surface area contributed by atoms with Gasteiger partial charge in [-0.25, -0.2) is 4.98 Å². The number of ether oxygens (including phenoxy) is 1. The second-order valence-corrected chi connectivity index (χ2v) is 5.85. The van der Waals surface area contributed by atoms with Crippen molar-refractivity contribution in [3.8, 4) is 18.1 Å². The molecule has 0 bridgehead atoms. The van der Waals surface area contributed by atoms with Gasteiger partial charge in [0.1, 0.15) is 17.2 Å². The lowest BCUT2D eigenvalue weighted by Gasteiger charge is -2.08. The molecule has 2 aromatic heterocycles. The summed E-state index contributed by atoms with van der Waals surface area (Å²) in [6, 6.07) is 9.33. The lowest BCUT2D eigenvalue weighted by molar-refractivity contribution is 0.417. The van der Waals surface area contributed by atoms with E-state index in [1.165, 1.54) is 0 Å². The molecule has 0 spiro atoms. The van der Waals surface area contributed by atoms with E-state index in [1.807, 2.05) is 43.3 Å². The zero-order valence-electron chi connectivity index (χ0n) is 15.6. The molecule has 1 radical (unpaired) electrons. The number of nitrogens with one attached hydrogen (secondary N) is 1. The average molecular weight is 359 g/mol. The number of anilines is 2. The van der Waals surface area contributed by atoms with Crippen LogP contribution in [0.3, 0.4) is 0 Å². The van der Waals surface area contributed by atoms with Crippen molar-refractivity contribution < 1.29 is 7.59 Å². The predicted molar refractivity (Wildman–Crippen MR) is 107 cm³/mol. The van der Waals surface area contributed by atoms with Gasteiger partial charge in [0.05, 0.1) is 0 Å². The third-order valence-corrected chi connectivity index (χ3v) is 3.80. The van der Waals surface area contributed by atoms with Gasteiger partial charge in [-0.3, -0.25) is 4.99 Å². The van der Waals surface area contributed by atoms with Crippen LogP contribution in [0, 0.1) is 19.3 Å². The van der Waals surface area contributed by atoms with Gasteiger partial charge >= 0.3 is 0 Å². The van der Waals surface area contributed by atoms with Crippen molar-refractivity contribution in [2.45, 2.75) is 13.3 Å². The molecule has 0 atom stereocenters. The minimum atomic E-state index is 0. The molecule has 0 unspecified atom stereocenters. The number of hydrogen-bond donors (Lipinski definition) is 1. The zero-order chi connectivity index (χ0) is 18.6. The highest BCUT2D eigenvalue weighted by Crippen LogP contribution is 2.21. The van der Waals surface area contributed by atoms with E-state index in [0.29, 0.717) is 23.8 Å². The van der Waals surface area contributed by atoms with Gasteiger partial charge < -0.3 is 10.1 Å². The van der Waals surface area contributed by atoms with Crippen molar-refractivity contribution in [1.82, 2.24) is 19.6 Å². The maximum Gasteiger partial charge on any atom is 0.255 e. The summed E-state index contributed by atoms with van der Waals surface area (Å²) in [5.74, 6) is 5.05. The molecule has 27 heavy (non-hydrogen) atoms. The second kappa shape index (κ2) is 7.14. The molecule has 7 nitrogen and oxygen atoms in total. The van der Waals surface area contributed by atoms with E-state index >= 15 is 0 Å². The van der Waals surface area contributed by atoms with E-state index in [0.717, 1.165) is 22.9 Å². The SMILES string of the molecule is C#Cc1cc(C)nc2nc(Nc3ccc(OC4=CC=NC=CC4)cc3)nn12.[HH].[H]. The average Bonchev–Trinajstić information content (AvgIpc) is 2.89. The number of hydrogen-bond acceptors (Lipinski definition) is 6. The molecule has 7 heteroatoms. The molecule has 0 saturated heterocycles. The molecule has 135 valence electrons. The van der Waals surface area contributed by atoms with Gasteiger partial charge in [0, 0.05) is 33.1 Å². The Hall–Kier alpha value is -3.92. The predicted octanol–water partition coefficient (Wildman–Crippen LogP) is 3.77. The first-order valence-electron chi connectivity index (χ1n) is 8.34. The molecule has 0 fully saturated rings. The summed E-state index contributed by atoms with van der Waals surface area (Å²) in [5.41, 5.74) is 2.23. The molecule has 0 amide bonds. The highest BCUT2D eigenvalue weighted by molar-refractivity contribution is 5.73. The third-order valence-electron chi connectivity index (χ3n) is 3.80. The van der Waals surface area contributed by atoms with E-state index in [4.69, 9.17) is 11.2 Å². The number of aliphatic imine (C=N–C) groups is 1. The molecule has 1 aliphatic rings. The maximum absolute atomic E-state index is 5.86. The van der Waals surface area contributed by atoms with E-state index in [1.54, 1.807) is 23.0 Å². The van der Waals surface area contributed by atoms with E-state index in [2.05, 4.69) is 31.3 Å². The number of nitrogens with zero attached hydrogens (tertiary/aromatic N) is 5. The van der Waals surface area contributed by atoms with Crippen LogP contribution < -0.4 is 10.1 Å². The third kappa shape index (κ3) is 3.70. The topological polar surface area (TPSA) is 76.7 Å². The van der Waals surface area contributed by atoms with E-state index in [9.17, 15) is 0 Å². The summed E-state index contributed by atoms with van der Waals surface area (Å²) < 4.78 is 7.40. The number of benzene rings is 1. The van der Waals surface area contributed by atoms with Gasteiger partial charge in [0.25, 0.3) is 5.78 Å². The van der Waals surface area contributed by atoms with Crippen molar-refractivity contribution >= 4 is 23.6 Å². The van der Waals surface area contributed by atoms with Crippen LogP contribution in [0.15, 0.2) is 59.4 Å². The lowest BCUT2D eigenvalue weighted by atomic mass is 10.3. The molecular weight excluding hydrogens is 340 g/mol. The first-order chi connectivity index (χ1) is 13.2. The summed E-state index contributed by atoms with van der Waals surface area (Å²) in [7, 11) is 0. The van der Waals surface area contributed by atoms with Gasteiger partial charge in [-0.2, -0.15) is 9.50 Å². The van der Waals surface area contributed by atoms with E-state index < -0.39 is 0 Å². The first-order valence-corrected chi connectivity index (χ1v) is 8.34. The smallest absolute Gasteiger partial charge is 0.255 e. The van der Waals surface area contributed by atoms with Gasteiger partial charge in [0.15, 0.2) is 0 Å². The summed E-state index contributed by atoms with van der Waals surface area (Å²) in [4.78, 5) is 12.8. The number of aryl methyl sites for hydroxylation is 1. The molecular formula is C20H19N6O. The fourth-order valence-electron chi connectivity index (χ4n) is 2.58. The van der Waals surface area contributed by atoms with Crippen molar-refractivity contribution in [2.75, 3.05) is 5.32 Å². The summed E-state index contributed by atoms with van der Waals surface area (Å²) in [6.45, 7) is 1.87. The minimum absolute atomic E-state index is 0. The molecule has 0 saturated carbocycles. The Labute approximate surface area is 159 Å². The summed E-state index contributed by atoms with van der Waals surface area (Å²) in [6.07, 6.45) is 13.5. The van der Waals surface area contributed by atoms with Gasteiger partial charge in [-0.15, -0.1) is 11.5 Å². The van der Waals surface area contributed by atoms with Crippen LogP contribution >= 0.6 is 0 Å². The lowest BCUT2D eigenvalue weighted by Crippen LogP contribution is -1.99. The number of fused-ring (bicyclic) bond motifs is 1. The minimum Gasteiger partial charge on any atom is -0.461 e. The fourth-order valence-corrected chi connectivity index (χ4v) is 2.58. The highest BCUT2D eigenvalue weighted by Gasteiger charge is 2.09. The molecule has 3 aromatic rings. The van der Waals surface area contributed by atoms with Crippen LogP contribution in [0.4, 0.5) is 11.6 Å². The second-order valence-electron chi connectivity index (χ2n) is 5.85. The largest absolute Gasteiger partial charge is 0.461 e. The summed E-state index contributed by atoms with van der Waals surface area (Å²) >= 11 is 0. The van der Waals surface area contributed by atoms with Crippen LogP contribution in [0.1, 0.15) is 20.7 Å². The first kappa shape index (κ1) is 16.5. The maximum atomic E-state index is 5.86. The number of rotatable bonds is 4. The Kier molecular flexibility index (Phi) is 4.37. The van der Waals surface area contributed by atoms with Crippen LogP contribution in [0.25, 0.3) is 5.78 Å². The standard InChI is InChI=1S/C20H16N6O.H2.H/c1-3-16-13-14(2)22-20-24-19(25-26(16)20)23-15-6-8-18(9-7-15)27-17-5-4-11-21-12-10-17;;/h1,4,6-13H,5H2,2H3,(H,23,25);1H;. The Balaban J connectivity index is 0.00000150. The van der Waals surface area contributed by atoms with Gasteiger partial charge in [-0.1, -0.05) is 6.08 Å². The molecule has 4 rings (SSSR count). The molecule has 0 aliphatic carbocycles. The van der Waals surface area contributed by atoms with Crippen molar-refractivity contribution in [2.24, 2.45) is 4.99 Å². The number of allylic oxidation sites excluding steroid dienone is 2. The van der Waals surface area contributed by atoms with Crippen molar-refractivity contribution in [3.05, 3.63) is 65.8 Å². The Morgan fingerprint density at radius 3 is 2.96 bits per heavy atom.